The molecule has 1 spiro atoms. The van der Waals surface area contributed by atoms with E-state index in [0.717, 1.165) is 5.56 Å². The molecule has 5 nitrogen and oxygen atoms in total. The van der Waals surface area contributed by atoms with Crippen LogP contribution in [0.5, 0.6) is 0 Å². The summed E-state index contributed by atoms with van der Waals surface area (Å²) in [6.07, 6.45) is 3.12. The second-order valence-electron chi connectivity index (χ2n) is 6.90. The van der Waals surface area contributed by atoms with Gasteiger partial charge in [-0.3, -0.25) is 14.4 Å². The van der Waals surface area contributed by atoms with Gasteiger partial charge < -0.3 is 4.90 Å². The summed E-state index contributed by atoms with van der Waals surface area (Å²) < 4.78 is 0. The molecule has 2 amide bonds. The highest BCUT2D eigenvalue weighted by Crippen LogP contribution is 2.39. The largest absolute Gasteiger partial charge is 0.336 e. The minimum Gasteiger partial charge on any atom is -0.336 e. The van der Waals surface area contributed by atoms with Crippen molar-refractivity contribution in [3.05, 3.63) is 34.9 Å². The second kappa shape index (κ2) is 5.49. The molecule has 0 bridgehead atoms. The van der Waals surface area contributed by atoms with Crippen molar-refractivity contribution in [3.63, 3.8) is 0 Å². The quantitative estimate of drug-likeness (QED) is 0.846. The minimum absolute atomic E-state index is 0.0571. The third-order valence-corrected chi connectivity index (χ3v) is 5.01. The lowest BCUT2D eigenvalue weighted by molar-refractivity contribution is -0.235. The lowest BCUT2D eigenvalue weighted by atomic mass is 9.90. The van der Waals surface area contributed by atoms with Crippen LogP contribution in [-0.4, -0.2) is 47.0 Å². The molecule has 2 heterocycles. The van der Waals surface area contributed by atoms with E-state index in [2.05, 4.69) is 0 Å². The summed E-state index contributed by atoms with van der Waals surface area (Å²) in [7, 11) is 0. The van der Waals surface area contributed by atoms with Crippen molar-refractivity contribution in [2.75, 3.05) is 19.6 Å². The van der Waals surface area contributed by atoms with E-state index in [-0.39, 0.29) is 11.8 Å². The molecule has 0 N–H and O–H groups in total. The molecular weight excluding hydrogens is 316 g/mol. The molecule has 1 aromatic carbocycles. The van der Waals surface area contributed by atoms with Crippen LogP contribution in [0.4, 0.5) is 0 Å². The third kappa shape index (κ3) is 3.08. The Morgan fingerprint density at radius 1 is 1.26 bits per heavy atom. The van der Waals surface area contributed by atoms with Gasteiger partial charge in [-0.05, 0) is 36.5 Å². The molecule has 3 fully saturated rings. The summed E-state index contributed by atoms with van der Waals surface area (Å²) in [4.78, 5) is 32.0. The fourth-order valence-corrected chi connectivity index (χ4v) is 3.36. The number of hydrogen-bond acceptors (Lipinski definition) is 3. The number of nitrogens with zero attached hydrogens (tertiary/aromatic N) is 2. The van der Waals surface area contributed by atoms with Crippen LogP contribution in [-0.2, 0) is 20.8 Å². The van der Waals surface area contributed by atoms with Crippen LogP contribution >= 0.6 is 11.6 Å². The lowest BCUT2D eigenvalue weighted by Crippen LogP contribution is -2.64. The van der Waals surface area contributed by atoms with Gasteiger partial charge in [0.1, 0.15) is 5.60 Å². The van der Waals surface area contributed by atoms with Gasteiger partial charge in [-0.1, -0.05) is 23.7 Å². The molecule has 3 aliphatic rings. The first-order chi connectivity index (χ1) is 11.0. The molecule has 122 valence electrons. The van der Waals surface area contributed by atoms with Crippen LogP contribution in [0.25, 0.3) is 0 Å². The Hall–Kier alpha value is -1.59. The van der Waals surface area contributed by atoms with Crippen molar-refractivity contribution in [2.24, 2.45) is 5.92 Å². The highest BCUT2D eigenvalue weighted by Gasteiger charge is 2.55. The number of carbonyl (C=O) groups excluding carboxylic acids is 2. The summed E-state index contributed by atoms with van der Waals surface area (Å²) in [5, 5.41) is 2.19. The predicted octanol–water partition coefficient (Wildman–Crippen LogP) is 2.04. The maximum absolute atomic E-state index is 12.3. The summed E-state index contributed by atoms with van der Waals surface area (Å²) in [6, 6.07) is 7.30. The second-order valence-corrected chi connectivity index (χ2v) is 7.34. The van der Waals surface area contributed by atoms with Crippen LogP contribution < -0.4 is 0 Å². The van der Waals surface area contributed by atoms with Crippen LogP contribution in [0, 0.1) is 5.92 Å². The molecule has 4 rings (SSSR count). The smallest absolute Gasteiger partial charge is 0.249 e. The van der Waals surface area contributed by atoms with Crippen LogP contribution in [0.1, 0.15) is 24.8 Å². The molecular formula is C17H19ClN2O3. The van der Waals surface area contributed by atoms with E-state index in [1.54, 1.807) is 17.0 Å². The van der Waals surface area contributed by atoms with E-state index in [1.165, 1.54) is 17.9 Å². The third-order valence-electron chi connectivity index (χ3n) is 4.76. The molecule has 0 radical (unpaired) electrons. The van der Waals surface area contributed by atoms with E-state index in [1.807, 2.05) is 12.1 Å². The van der Waals surface area contributed by atoms with Crippen molar-refractivity contribution < 1.29 is 14.4 Å². The average molecular weight is 335 g/mol. The standard InChI is InChI=1S/C17H19ClN2O3/c18-14-5-3-12(4-6-14)7-15(21)19-10-17(11-19)8-16(22)20(23-17)9-13-1-2-13/h3-6,13H,1-2,7-11H2. The Morgan fingerprint density at radius 2 is 1.96 bits per heavy atom. The molecule has 0 atom stereocenters. The van der Waals surface area contributed by atoms with Crippen molar-refractivity contribution in [2.45, 2.75) is 31.3 Å². The van der Waals surface area contributed by atoms with Gasteiger partial charge in [0.15, 0.2) is 0 Å². The molecule has 2 aliphatic heterocycles. The van der Waals surface area contributed by atoms with E-state index in [0.29, 0.717) is 43.4 Å². The fraction of sp³-hybridized carbons (Fsp3) is 0.529. The van der Waals surface area contributed by atoms with Gasteiger partial charge in [-0.2, -0.15) is 0 Å². The molecule has 0 aromatic heterocycles. The zero-order chi connectivity index (χ0) is 16.0. The molecule has 1 aromatic rings. The number of amides is 2. The molecule has 0 unspecified atom stereocenters. The van der Waals surface area contributed by atoms with E-state index in [9.17, 15) is 9.59 Å². The first kappa shape index (κ1) is 15.0. The van der Waals surface area contributed by atoms with Crippen LogP contribution in [0.2, 0.25) is 5.02 Å². The number of rotatable bonds is 4. The van der Waals surface area contributed by atoms with Crippen molar-refractivity contribution in [1.82, 2.24) is 9.96 Å². The maximum Gasteiger partial charge on any atom is 0.249 e. The Labute approximate surface area is 140 Å². The lowest BCUT2D eigenvalue weighted by Gasteiger charge is -2.46. The normalized spacial score (nSPS) is 22.6. The number of likely N-dealkylation sites (tertiary alicyclic amines) is 1. The zero-order valence-corrected chi connectivity index (χ0v) is 13.6. The molecule has 1 aliphatic carbocycles. The minimum atomic E-state index is -0.471. The topological polar surface area (TPSA) is 49.9 Å². The first-order valence-electron chi connectivity index (χ1n) is 8.05. The average Bonchev–Trinajstić information content (AvgIpc) is 3.23. The van der Waals surface area contributed by atoms with E-state index < -0.39 is 5.60 Å². The molecule has 23 heavy (non-hydrogen) atoms. The van der Waals surface area contributed by atoms with Crippen molar-refractivity contribution in [3.8, 4) is 0 Å². The van der Waals surface area contributed by atoms with Crippen LogP contribution in [0.15, 0.2) is 24.3 Å². The van der Waals surface area contributed by atoms with Gasteiger partial charge in [0.2, 0.25) is 11.8 Å². The van der Waals surface area contributed by atoms with Gasteiger partial charge in [-0.15, -0.1) is 0 Å². The van der Waals surface area contributed by atoms with Gasteiger partial charge in [0.25, 0.3) is 0 Å². The summed E-state index contributed by atoms with van der Waals surface area (Å²) in [6.45, 7) is 1.72. The number of hydroxylamine groups is 2. The van der Waals surface area contributed by atoms with Gasteiger partial charge in [0.05, 0.1) is 32.5 Å². The number of halogens is 1. The number of carbonyl (C=O) groups is 2. The van der Waals surface area contributed by atoms with Crippen molar-refractivity contribution >= 4 is 23.4 Å². The SMILES string of the molecule is O=C(Cc1ccc(Cl)cc1)N1CC2(CC(=O)N(CC3CC3)O2)C1. The highest BCUT2D eigenvalue weighted by atomic mass is 35.5. The maximum atomic E-state index is 12.3. The number of hydrogen-bond donors (Lipinski definition) is 0. The summed E-state index contributed by atoms with van der Waals surface area (Å²) >= 11 is 5.85. The molecule has 1 saturated carbocycles. The van der Waals surface area contributed by atoms with Gasteiger partial charge in [0, 0.05) is 5.02 Å². The Kier molecular flexibility index (Phi) is 3.58. The summed E-state index contributed by atoms with van der Waals surface area (Å²) in [5.74, 6) is 0.730. The van der Waals surface area contributed by atoms with E-state index in [4.69, 9.17) is 16.4 Å². The Balaban J connectivity index is 1.31. The zero-order valence-electron chi connectivity index (χ0n) is 12.8. The van der Waals surface area contributed by atoms with Gasteiger partial charge in [-0.25, -0.2) is 5.06 Å². The predicted molar refractivity (Wildman–Crippen MR) is 84.6 cm³/mol. The first-order valence-corrected chi connectivity index (χ1v) is 8.43. The van der Waals surface area contributed by atoms with Crippen LogP contribution in [0.3, 0.4) is 0 Å². The molecule has 6 heteroatoms. The highest BCUT2D eigenvalue weighted by molar-refractivity contribution is 6.30. The van der Waals surface area contributed by atoms with Gasteiger partial charge >= 0.3 is 0 Å². The van der Waals surface area contributed by atoms with E-state index >= 15 is 0 Å². The number of benzene rings is 1. The Morgan fingerprint density at radius 3 is 2.61 bits per heavy atom. The fourth-order valence-electron chi connectivity index (χ4n) is 3.24. The summed E-state index contributed by atoms with van der Waals surface area (Å²) in [5.41, 5.74) is 0.473. The van der Waals surface area contributed by atoms with Crippen molar-refractivity contribution in [1.29, 1.82) is 0 Å². The monoisotopic (exact) mass is 334 g/mol. The Bertz CT molecular complexity index is 636. The molecule has 2 saturated heterocycles.